The lowest BCUT2D eigenvalue weighted by atomic mass is 9.95. The largest absolute Gasteiger partial charge is 0.401 e. The molecule has 4 nitrogen and oxygen atoms in total. The minimum atomic E-state index is -4.20. The lowest BCUT2D eigenvalue weighted by Gasteiger charge is -2.32. The van der Waals surface area contributed by atoms with Crippen molar-refractivity contribution in [3.63, 3.8) is 0 Å². The number of likely N-dealkylation sites (tertiary alicyclic amines) is 1. The maximum atomic E-state index is 12.3. The number of hydrogen-bond donors (Lipinski definition) is 2. The van der Waals surface area contributed by atoms with Crippen LogP contribution in [0.5, 0.6) is 0 Å². The van der Waals surface area contributed by atoms with Gasteiger partial charge in [0.05, 0.1) is 19.2 Å². The number of amides is 1. The molecule has 0 aromatic carbocycles. The van der Waals surface area contributed by atoms with Gasteiger partial charge in [0.25, 0.3) is 0 Å². The van der Waals surface area contributed by atoms with Crippen LogP contribution in [0.4, 0.5) is 13.2 Å². The second-order valence-electron chi connectivity index (χ2n) is 5.47. The number of halogens is 3. The first-order valence-corrected chi connectivity index (χ1v) is 8.06. The fourth-order valence-electron chi connectivity index (χ4n) is 2.60. The van der Waals surface area contributed by atoms with Gasteiger partial charge >= 0.3 is 6.18 Å². The van der Waals surface area contributed by atoms with Crippen LogP contribution in [-0.4, -0.2) is 48.3 Å². The number of rotatable bonds is 5. The maximum absolute atomic E-state index is 12.3. The summed E-state index contributed by atoms with van der Waals surface area (Å²) >= 11 is 1.48. The fourth-order valence-corrected chi connectivity index (χ4v) is 3.32. The fraction of sp³-hybridized carbons (Fsp3) is 0.643. The minimum absolute atomic E-state index is 0.197. The smallest absolute Gasteiger partial charge is 0.394 e. The minimum Gasteiger partial charge on any atom is -0.394 e. The zero-order chi connectivity index (χ0) is 16.2. The van der Waals surface area contributed by atoms with Crippen molar-refractivity contribution in [3.8, 4) is 0 Å². The highest BCUT2D eigenvalue weighted by Gasteiger charge is 2.34. The van der Waals surface area contributed by atoms with E-state index in [0.29, 0.717) is 12.8 Å². The summed E-state index contributed by atoms with van der Waals surface area (Å²) in [6, 6.07) is 1.38. The number of nitrogens with one attached hydrogen (secondary N) is 1. The average Bonchev–Trinajstić information content (AvgIpc) is 2.97. The van der Waals surface area contributed by atoms with E-state index in [-0.39, 0.29) is 31.5 Å². The van der Waals surface area contributed by atoms with E-state index in [1.165, 1.54) is 16.2 Å². The molecule has 1 unspecified atom stereocenters. The number of carbonyl (C=O) groups is 1. The Hall–Kier alpha value is -1.12. The lowest BCUT2D eigenvalue weighted by Crippen LogP contribution is -2.44. The molecule has 8 heteroatoms. The molecule has 0 bridgehead atoms. The van der Waals surface area contributed by atoms with Crippen molar-refractivity contribution in [1.82, 2.24) is 10.2 Å². The zero-order valence-electron chi connectivity index (χ0n) is 12.0. The first-order valence-electron chi connectivity index (χ1n) is 7.11. The van der Waals surface area contributed by atoms with E-state index < -0.39 is 18.8 Å². The summed E-state index contributed by atoms with van der Waals surface area (Å²) < 4.78 is 37.0. The second-order valence-corrected chi connectivity index (χ2v) is 6.25. The molecule has 1 aliphatic rings. The van der Waals surface area contributed by atoms with Gasteiger partial charge in [0.2, 0.25) is 5.91 Å². The van der Waals surface area contributed by atoms with E-state index in [1.807, 2.05) is 16.8 Å². The summed E-state index contributed by atoms with van der Waals surface area (Å²) in [5.41, 5.74) is 0.843. The predicted molar refractivity (Wildman–Crippen MR) is 77.5 cm³/mol. The molecule has 0 radical (unpaired) electrons. The highest BCUT2D eigenvalue weighted by Crippen LogP contribution is 2.24. The van der Waals surface area contributed by atoms with Crippen molar-refractivity contribution in [2.45, 2.75) is 25.1 Å². The number of aliphatic hydroxyl groups is 1. The van der Waals surface area contributed by atoms with Crippen molar-refractivity contribution in [2.75, 3.05) is 26.2 Å². The number of carbonyl (C=O) groups excluding carboxylic acids is 1. The van der Waals surface area contributed by atoms with Gasteiger partial charge in [-0.3, -0.25) is 9.69 Å². The first kappa shape index (κ1) is 17.2. The number of thiophene rings is 1. The van der Waals surface area contributed by atoms with Crippen molar-refractivity contribution in [1.29, 1.82) is 0 Å². The topological polar surface area (TPSA) is 52.6 Å². The summed E-state index contributed by atoms with van der Waals surface area (Å²) in [5, 5.41) is 15.9. The summed E-state index contributed by atoms with van der Waals surface area (Å²) in [7, 11) is 0. The Morgan fingerprint density at radius 1 is 1.45 bits per heavy atom. The van der Waals surface area contributed by atoms with Gasteiger partial charge in [-0.05, 0) is 48.3 Å². The normalized spacial score (nSPS) is 19.1. The van der Waals surface area contributed by atoms with Gasteiger partial charge in [-0.15, -0.1) is 0 Å². The molecule has 1 saturated heterocycles. The Balaban J connectivity index is 1.82. The molecule has 0 aliphatic carbocycles. The van der Waals surface area contributed by atoms with E-state index >= 15 is 0 Å². The van der Waals surface area contributed by atoms with Crippen molar-refractivity contribution in [3.05, 3.63) is 22.4 Å². The molecule has 2 heterocycles. The second kappa shape index (κ2) is 7.43. The first-order chi connectivity index (χ1) is 10.4. The third kappa shape index (κ3) is 4.96. The molecule has 1 aromatic rings. The summed E-state index contributed by atoms with van der Waals surface area (Å²) in [6.07, 6.45) is -3.39. The number of piperidine rings is 1. The van der Waals surface area contributed by atoms with Crippen molar-refractivity contribution < 1.29 is 23.1 Å². The highest BCUT2D eigenvalue weighted by atomic mass is 32.1. The molecule has 0 saturated carbocycles. The molecule has 1 aliphatic heterocycles. The Bertz CT molecular complexity index is 471. The average molecular weight is 336 g/mol. The van der Waals surface area contributed by atoms with Crippen LogP contribution in [-0.2, 0) is 4.79 Å². The van der Waals surface area contributed by atoms with Crippen LogP contribution in [0, 0.1) is 5.92 Å². The number of nitrogens with zero attached hydrogens (tertiary/aromatic N) is 1. The van der Waals surface area contributed by atoms with Crippen LogP contribution >= 0.6 is 11.3 Å². The standard InChI is InChI=1S/C14H19F3N2O2S/c15-14(16,17)9-19-4-1-10(2-5-19)13(21)18-12(7-20)11-3-6-22-8-11/h3,6,8,10,12,20H,1-2,4-5,7,9H2,(H,18,21). The van der Waals surface area contributed by atoms with E-state index in [9.17, 15) is 23.1 Å². The van der Waals surface area contributed by atoms with Gasteiger partial charge in [0, 0.05) is 5.92 Å². The van der Waals surface area contributed by atoms with E-state index in [0.717, 1.165) is 5.56 Å². The van der Waals surface area contributed by atoms with Crippen LogP contribution in [0.2, 0.25) is 0 Å². The summed E-state index contributed by atoms with van der Waals surface area (Å²) in [4.78, 5) is 13.5. The monoisotopic (exact) mass is 336 g/mol. The Morgan fingerprint density at radius 3 is 2.64 bits per heavy atom. The molecule has 1 fully saturated rings. The number of alkyl halides is 3. The summed E-state index contributed by atoms with van der Waals surface area (Å²) in [5.74, 6) is -0.492. The number of hydrogen-bond acceptors (Lipinski definition) is 4. The Kier molecular flexibility index (Phi) is 5.82. The molecular formula is C14H19F3N2O2S. The SMILES string of the molecule is O=C(NC(CO)c1ccsc1)C1CCN(CC(F)(F)F)CC1. The van der Waals surface area contributed by atoms with Crippen molar-refractivity contribution >= 4 is 17.2 Å². The van der Waals surface area contributed by atoms with Crippen LogP contribution in [0.25, 0.3) is 0 Å². The van der Waals surface area contributed by atoms with Gasteiger partial charge in [-0.25, -0.2) is 0 Å². The Labute approximate surface area is 130 Å². The van der Waals surface area contributed by atoms with Crippen LogP contribution in [0.1, 0.15) is 24.4 Å². The molecular weight excluding hydrogens is 317 g/mol. The molecule has 1 amide bonds. The molecule has 22 heavy (non-hydrogen) atoms. The Morgan fingerprint density at radius 2 is 2.14 bits per heavy atom. The molecule has 2 N–H and O–H groups in total. The van der Waals surface area contributed by atoms with Gasteiger partial charge in [0.1, 0.15) is 0 Å². The quantitative estimate of drug-likeness (QED) is 0.866. The van der Waals surface area contributed by atoms with Crippen LogP contribution in [0.15, 0.2) is 16.8 Å². The summed E-state index contributed by atoms with van der Waals surface area (Å²) in [6.45, 7) is -0.593. The van der Waals surface area contributed by atoms with Gasteiger partial charge in [-0.1, -0.05) is 0 Å². The zero-order valence-corrected chi connectivity index (χ0v) is 12.8. The molecule has 124 valence electrons. The third-order valence-corrected chi connectivity index (χ3v) is 4.51. The maximum Gasteiger partial charge on any atom is 0.401 e. The molecule has 2 rings (SSSR count). The van der Waals surface area contributed by atoms with Crippen LogP contribution in [0.3, 0.4) is 0 Å². The third-order valence-electron chi connectivity index (χ3n) is 3.81. The van der Waals surface area contributed by atoms with Crippen molar-refractivity contribution in [2.24, 2.45) is 5.92 Å². The van der Waals surface area contributed by atoms with Crippen LogP contribution < -0.4 is 5.32 Å². The molecule has 0 spiro atoms. The molecule has 1 aromatic heterocycles. The number of aliphatic hydroxyl groups excluding tert-OH is 1. The highest BCUT2D eigenvalue weighted by molar-refractivity contribution is 7.07. The molecule has 1 atom stereocenters. The van der Waals surface area contributed by atoms with Gasteiger partial charge in [0.15, 0.2) is 0 Å². The van der Waals surface area contributed by atoms with Gasteiger partial charge < -0.3 is 10.4 Å². The van der Waals surface area contributed by atoms with E-state index in [1.54, 1.807) is 0 Å². The van der Waals surface area contributed by atoms with E-state index in [4.69, 9.17) is 0 Å². The van der Waals surface area contributed by atoms with E-state index in [2.05, 4.69) is 5.32 Å². The lowest BCUT2D eigenvalue weighted by molar-refractivity contribution is -0.149. The predicted octanol–water partition coefficient (Wildman–Crippen LogP) is 2.17. The van der Waals surface area contributed by atoms with Gasteiger partial charge in [-0.2, -0.15) is 24.5 Å².